The average molecular weight is 238 g/mol. The first-order valence-corrected chi connectivity index (χ1v) is 5.51. The van der Waals surface area contributed by atoms with Crippen LogP contribution in [0.25, 0.3) is 0 Å². The minimum atomic E-state index is -4.14. The summed E-state index contributed by atoms with van der Waals surface area (Å²) < 4.78 is 37.1. The number of aliphatic imine (C=N–C) groups is 1. The second-order valence-corrected chi connectivity index (χ2v) is 4.49. The van der Waals surface area contributed by atoms with Crippen LogP contribution in [0.15, 0.2) is 4.99 Å². The van der Waals surface area contributed by atoms with Crippen molar-refractivity contribution in [1.82, 2.24) is 4.90 Å². The van der Waals surface area contributed by atoms with Crippen molar-refractivity contribution in [2.75, 3.05) is 18.8 Å². The van der Waals surface area contributed by atoms with Crippen LogP contribution in [0.2, 0.25) is 0 Å². The van der Waals surface area contributed by atoms with Crippen molar-refractivity contribution in [2.24, 2.45) is 10.9 Å². The highest BCUT2D eigenvalue weighted by Crippen LogP contribution is 2.35. The van der Waals surface area contributed by atoms with E-state index in [0.717, 1.165) is 0 Å². The Balaban J connectivity index is 1.99. The zero-order chi connectivity index (χ0) is 11.1. The Kier molecular flexibility index (Phi) is 2.66. The van der Waals surface area contributed by atoms with Crippen LogP contribution in [0.3, 0.4) is 0 Å². The Hall–Kier alpha value is -0.720. The van der Waals surface area contributed by atoms with Gasteiger partial charge in [0.1, 0.15) is 0 Å². The lowest BCUT2D eigenvalue weighted by atomic mass is 10.1. The van der Waals surface area contributed by atoms with E-state index in [9.17, 15) is 18.0 Å². The number of amidine groups is 1. The molecule has 2 aliphatic heterocycles. The van der Waals surface area contributed by atoms with E-state index in [-0.39, 0.29) is 24.6 Å². The summed E-state index contributed by atoms with van der Waals surface area (Å²) in [4.78, 5) is 16.1. The number of nitrogens with zero attached hydrogens (tertiary/aromatic N) is 2. The van der Waals surface area contributed by atoms with E-state index < -0.39 is 12.1 Å². The molecular weight excluding hydrogens is 229 g/mol. The molecule has 1 saturated heterocycles. The number of hydrogen-bond donors (Lipinski definition) is 0. The van der Waals surface area contributed by atoms with Gasteiger partial charge in [-0.25, -0.2) is 0 Å². The molecule has 0 bridgehead atoms. The number of amides is 1. The van der Waals surface area contributed by atoms with Gasteiger partial charge in [-0.15, -0.1) is 0 Å². The first-order valence-electron chi connectivity index (χ1n) is 4.53. The number of likely N-dealkylation sites (tertiary alicyclic amines) is 1. The van der Waals surface area contributed by atoms with Crippen LogP contribution in [0, 0.1) is 5.92 Å². The Morgan fingerprint density at radius 1 is 1.47 bits per heavy atom. The molecule has 0 N–H and O–H groups in total. The highest BCUT2D eigenvalue weighted by atomic mass is 32.2. The van der Waals surface area contributed by atoms with Gasteiger partial charge in [-0.3, -0.25) is 4.79 Å². The lowest BCUT2D eigenvalue weighted by Crippen LogP contribution is -2.29. The third-order valence-corrected chi connectivity index (χ3v) is 3.47. The minimum absolute atomic E-state index is 0.0669. The van der Waals surface area contributed by atoms with Gasteiger partial charge < -0.3 is 4.90 Å². The fourth-order valence-corrected chi connectivity index (χ4v) is 2.49. The first-order chi connectivity index (χ1) is 6.97. The molecule has 0 aliphatic carbocycles. The van der Waals surface area contributed by atoms with E-state index in [4.69, 9.17) is 0 Å². The topological polar surface area (TPSA) is 32.7 Å². The van der Waals surface area contributed by atoms with E-state index in [2.05, 4.69) is 4.99 Å². The molecule has 0 aromatic rings. The van der Waals surface area contributed by atoms with Crippen LogP contribution in [-0.4, -0.2) is 41.0 Å². The molecule has 2 aliphatic rings. The number of carbonyl (C=O) groups excluding carboxylic acids is 1. The maximum absolute atomic E-state index is 12.4. The van der Waals surface area contributed by atoms with E-state index in [1.54, 1.807) is 4.90 Å². The molecule has 0 radical (unpaired) electrons. The highest BCUT2D eigenvalue weighted by molar-refractivity contribution is 8.14. The van der Waals surface area contributed by atoms with E-state index in [0.29, 0.717) is 11.7 Å². The fraction of sp³-hybridized carbons (Fsp3) is 0.750. The van der Waals surface area contributed by atoms with Crippen molar-refractivity contribution in [2.45, 2.75) is 12.6 Å². The quantitative estimate of drug-likeness (QED) is 0.641. The lowest BCUT2D eigenvalue weighted by molar-refractivity contribution is -0.169. The van der Waals surface area contributed by atoms with Crippen molar-refractivity contribution in [3.05, 3.63) is 0 Å². The zero-order valence-electron chi connectivity index (χ0n) is 7.75. The minimum Gasteiger partial charge on any atom is -0.350 e. The van der Waals surface area contributed by atoms with Gasteiger partial charge in [-0.2, -0.15) is 18.2 Å². The third kappa shape index (κ3) is 2.27. The van der Waals surface area contributed by atoms with E-state index in [1.165, 1.54) is 11.8 Å². The summed E-state index contributed by atoms with van der Waals surface area (Å²) >= 11 is 1.22. The summed E-state index contributed by atoms with van der Waals surface area (Å²) in [7, 11) is 0. The van der Waals surface area contributed by atoms with Gasteiger partial charge >= 0.3 is 6.18 Å². The predicted molar refractivity (Wildman–Crippen MR) is 50.6 cm³/mol. The van der Waals surface area contributed by atoms with Gasteiger partial charge in [0, 0.05) is 13.1 Å². The number of halogens is 3. The maximum Gasteiger partial charge on any atom is 0.393 e. The molecule has 2 heterocycles. The molecule has 3 nitrogen and oxygen atoms in total. The summed E-state index contributed by atoms with van der Waals surface area (Å²) in [5, 5.41) is 0.451. The van der Waals surface area contributed by atoms with Crippen LogP contribution in [0.1, 0.15) is 6.42 Å². The monoisotopic (exact) mass is 238 g/mol. The number of rotatable bonds is 0. The molecule has 1 amide bonds. The van der Waals surface area contributed by atoms with E-state index in [1.807, 2.05) is 0 Å². The van der Waals surface area contributed by atoms with Crippen LogP contribution in [0.4, 0.5) is 13.2 Å². The highest BCUT2D eigenvalue weighted by Gasteiger charge is 2.44. The predicted octanol–water partition coefficient (Wildman–Crippen LogP) is 1.50. The fourth-order valence-electron chi connectivity index (χ4n) is 1.66. The molecule has 0 aromatic heterocycles. The van der Waals surface area contributed by atoms with Crippen LogP contribution in [0.5, 0.6) is 0 Å². The second-order valence-electron chi connectivity index (χ2n) is 3.55. The summed E-state index contributed by atoms with van der Waals surface area (Å²) in [5.41, 5.74) is 0. The smallest absolute Gasteiger partial charge is 0.350 e. The van der Waals surface area contributed by atoms with Crippen molar-refractivity contribution in [3.63, 3.8) is 0 Å². The normalized spacial score (nSPS) is 27.4. The lowest BCUT2D eigenvalue weighted by Gasteiger charge is -2.18. The van der Waals surface area contributed by atoms with Gasteiger partial charge in [0.25, 0.3) is 5.91 Å². The summed E-state index contributed by atoms with van der Waals surface area (Å²) in [6, 6.07) is 0. The van der Waals surface area contributed by atoms with Crippen LogP contribution in [-0.2, 0) is 4.79 Å². The first kappa shape index (κ1) is 10.8. The Morgan fingerprint density at radius 3 is 2.67 bits per heavy atom. The van der Waals surface area contributed by atoms with Gasteiger partial charge in [-0.1, -0.05) is 11.8 Å². The van der Waals surface area contributed by atoms with Gasteiger partial charge in [0.05, 0.1) is 11.7 Å². The van der Waals surface area contributed by atoms with Crippen LogP contribution >= 0.6 is 11.8 Å². The number of alkyl halides is 3. The molecule has 1 atom stereocenters. The van der Waals surface area contributed by atoms with E-state index >= 15 is 0 Å². The number of carbonyl (C=O) groups is 1. The SMILES string of the molecule is O=C1CSC(N2CCC(C(F)(F)F)C2)=N1. The molecule has 2 rings (SSSR count). The molecule has 15 heavy (non-hydrogen) atoms. The molecule has 1 unspecified atom stereocenters. The summed E-state index contributed by atoms with van der Waals surface area (Å²) in [6.45, 7) is 0.270. The Bertz CT molecular complexity index is 315. The van der Waals surface area contributed by atoms with Gasteiger partial charge in [0.2, 0.25) is 0 Å². The molecule has 0 spiro atoms. The summed E-state index contributed by atoms with van der Waals surface area (Å²) in [6.07, 6.45) is -4.04. The average Bonchev–Trinajstić information content (AvgIpc) is 2.69. The van der Waals surface area contributed by atoms with Crippen LogP contribution < -0.4 is 0 Å². The molecule has 84 valence electrons. The summed E-state index contributed by atoms with van der Waals surface area (Å²) in [5.74, 6) is -1.29. The van der Waals surface area contributed by atoms with Crippen molar-refractivity contribution >= 4 is 22.8 Å². The standard InChI is InChI=1S/C8H9F3N2OS/c9-8(10,11)5-1-2-13(3-5)7-12-6(14)4-15-7/h5H,1-4H2. The number of thioether (sulfide) groups is 1. The zero-order valence-corrected chi connectivity index (χ0v) is 8.57. The second kappa shape index (κ2) is 3.70. The largest absolute Gasteiger partial charge is 0.393 e. The number of hydrogen-bond acceptors (Lipinski definition) is 3. The maximum atomic E-state index is 12.4. The third-order valence-electron chi connectivity index (χ3n) is 2.47. The Labute approximate surface area is 88.7 Å². The Morgan fingerprint density at radius 2 is 2.20 bits per heavy atom. The molecule has 7 heteroatoms. The van der Waals surface area contributed by atoms with Crippen molar-refractivity contribution in [1.29, 1.82) is 0 Å². The van der Waals surface area contributed by atoms with Gasteiger partial charge in [0.15, 0.2) is 5.17 Å². The molecule has 1 fully saturated rings. The van der Waals surface area contributed by atoms with Gasteiger partial charge in [-0.05, 0) is 6.42 Å². The molecular formula is C8H9F3N2OS. The van der Waals surface area contributed by atoms with Crippen molar-refractivity contribution in [3.8, 4) is 0 Å². The molecule has 0 saturated carbocycles. The molecule has 0 aromatic carbocycles. The van der Waals surface area contributed by atoms with Crippen molar-refractivity contribution < 1.29 is 18.0 Å².